The third-order valence-corrected chi connectivity index (χ3v) is 5.43. The first-order chi connectivity index (χ1) is 9.13. The van der Waals surface area contributed by atoms with E-state index in [1.54, 1.807) is 0 Å². The summed E-state index contributed by atoms with van der Waals surface area (Å²) in [6.07, 6.45) is 4.33. The molecule has 0 aromatic heterocycles. The van der Waals surface area contributed by atoms with Gasteiger partial charge in [0, 0.05) is 38.3 Å². The summed E-state index contributed by atoms with van der Waals surface area (Å²) in [6, 6.07) is 1.54. The van der Waals surface area contributed by atoms with Crippen LogP contribution in [0.25, 0.3) is 0 Å². The molecule has 1 N–H and O–H groups in total. The number of nitrogens with zero attached hydrogens (tertiary/aromatic N) is 2. The van der Waals surface area contributed by atoms with E-state index < -0.39 is 0 Å². The van der Waals surface area contributed by atoms with Crippen molar-refractivity contribution in [2.24, 2.45) is 17.8 Å². The minimum absolute atomic E-state index is 0.751. The molecule has 0 radical (unpaired) electrons. The molecular formula is C16H31N3. The van der Waals surface area contributed by atoms with Crippen molar-refractivity contribution >= 4 is 0 Å². The van der Waals surface area contributed by atoms with E-state index in [4.69, 9.17) is 0 Å². The SMILES string of the molecule is CC(C)C1CNC(C2CC2)CN1CC1CCN(C)C1. The standard InChI is InChI=1S/C16H31N3/c1-12(2)16-8-17-15(14-4-5-14)11-19(16)10-13-6-7-18(3)9-13/h12-17H,4-11H2,1-3H3. The summed E-state index contributed by atoms with van der Waals surface area (Å²) in [5, 5.41) is 3.82. The van der Waals surface area contributed by atoms with Crippen LogP contribution in [0.3, 0.4) is 0 Å². The summed E-state index contributed by atoms with van der Waals surface area (Å²) < 4.78 is 0. The molecular weight excluding hydrogens is 234 g/mol. The number of rotatable bonds is 4. The molecule has 110 valence electrons. The van der Waals surface area contributed by atoms with Crippen LogP contribution in [0.4, 0.5) is 0 Å². The van der Waals surface area contributed by atoms with Gasteiger partial charge in [-0.05, 0) is 50.6 Å². The zero-order chi connectivity index (χ0) is 13.4. The Balaban J connectivity index is 1.59. The monoisotopic (exact) mass is 265 g/mol. The van der Waals surface area contributed by atoms with Crippen molar-refractivity contribution in [3.8, 4) is 0 Å². The molecule has 0 aromatic carbocycles. The van der Waals surface area contributed by atoms with Crippen molar-refractivity contribution in [1.29, 1.82) is 0 Å². The fourth-order valence-electron chi connectivity index (χ4n) is 4.04. The molecule has 2 heterocycles. The predicted molar refractivity (Wildman–Crippen MR) is 80.3 cm³/mol. The molecule has 3 heteroatoms. The smallest absolute Gasteiger partial charge is 0.0244 e. The minimum Gasteiger partial charge on any atom is -0.311 e. The fraction of sp³-hybridized carbons (Fsp3) is 1.00. The van der Waals surface area contributed by atoms with Crippen LogP contribution in [0, 0.1) is 17.8 Å². The molecule has 3 atom stereocenters. The van der Waals surface area contributed by atoms with Gasteiger partial charge < -0.3 is 10.2 Å². The van der Waals surface area contributed by atoms with Crippen molar-refractivity contribution in [3.63, 3.8) is 0 Å². The van der Waals surface area contributed by atoms with Crippen LogP contribution in [-0.2, 0) is 0 Å². The van der Waals surface area contributed by atoms with E-state index in [1.807, 2.05) is 0 Å². The van der Waals surface area contributed by atoms with Gasteiger partial charge in [-0.2, -0.15) is 0 Å². The van der Waals surface area contributed by atoms with Crippen LogP contribution in [-0.4, -0.2) is 61.7 Å². The van der Waals surface area contributed by atoms with Gasteiger partial charge in [-0.15, -0.1) is 0 Å². The first-order valence-corrected chi connectivity index (χ1v) is 8.29. The maximum absolute atomic E-state index is 3.82. The number of hydrogen-bond acceptors (Lipinski definition) is 3. The molecule has 1 aliphatic carbocycles. The highest BCUT2D eigenvalue weighted by molar-refractivity contribution is 4.96. The average Bonchev–Trinajstić information content (AvgIpc) is 3.14. The lowest BCUT2D eigenvalue weighted by Crippen LogP contribution is -2.59. The molecule has 0 bridgehead atoms. The Labute approximate surface area is 118 Å². The summed E-state index contributed by atoms with van der Waals surface area (Å²) in [5.74, 6) is 2.66. The number of hydrogen-bond donors (Lipinski definition) is 1. The first kappa shape index (κ1) is 13.8. The Morgan fingerprint density at radius 3 is 2.53 bits per heavy atom. The van der Waals surface area contributed by atoms with Crippen LogP contribution < -0.4 is 5.32 Å². The Hall–Kier alpha value is -0.120. The zero-order valence-electron chi connectivity index (χ0n) is 12.9. The van der Waals surface area contributed by atoms with Crippen molar-refractivity contribution in [2.75, 3.05) is 39.8 Å². The lowest BCUT2D eigenvalue weighted by molar-refractivity contribution is 0.0773. The Kier molecular flexibility index (Phi) is 4.16. The Morgan fingerprint density at radius 2 is 1.95 bits per heavy atom. The summed E-state index contributed by atoms with van der Waals surface area (Å²) in [7, 11) is 2.27. The lowest BCUT2D eigenvalue weighted by atomic mass is 9.95. The van der Waals surface area contributed by atoms with Crippen LogP contribution >= 0.6 is 0 Å². The molecule has 3 nitrogen and oxygen atoms in total. The summed E-state index contributed by atoms with van der Waals surface area (Å²) in [5.41, 5.74) is 0. The molecule has 2 aliphatic heterocycles. The molecule has 0 spiro atoms. The fourth-order valence-corrected chi connectivity index (χ4v) is 4.04. The van der Waals surface area contributed by atoms with Gasteiger partial charge in [0.1, 0.15) is 0 Å². The van der Waals surface area contributed by atoms with Crippen LogP contribution in [0.2, 0.25) is 0 Å². The van der Waals surface area contributed by atoms with Crippen molar-refractivity contribution in [2.45, 2.75) is 45.2 Å². The summed E-state index contributed by atoms with van der Waals surface area (Å²) in [6.45, 7) is 11.2. The van der Waals surface area contributed by atoms with E-state index in [9.17, 15) is 0 Å². The molecule has 0 amide bonds. The van der Waals surface area contributed by atoms with Crippen molar-refractivity contribution in [3.05, 3.63) is 0 Å². The summed E-state index contributed by atoms with van der Waals surface area (Å²) in [4.78, 5) is 5.32. The molecule has 3 unspecified atom stereocenters. The van der Waals surface area contributed by atoms with Gasteiger partial charge in [0.15, 0.2) is 0 Å². The normalized spacial score (nSPS) is 38.2. The third-order valence-electron chi connectivity index (χ3n) is 5.43. The molecule has 3 fully saturated rings. The maximum atomic E-state index is 3.82. The van der Waals surface area contributed by atoms with Gasteiger partial charge in [-0.25, -0.2) is 0 Å². The number of nitrogens with one attached hydrogen (secondary N) is 1. The van der Waals surface area contributed by atoms with Gasteiger partial charge in [0.2, 0.25) is 0 Å². The highest BCUT2D eigenvalue weighted by Gasteiger charge is 2.38. The van der Waals surface area contributed by atoms with Crippen LogP contribution in [0.15, 0.2) is 0 Å². The van der Waals surface area contributed by atoms with E-state index in [0.717, 1.165) is 29.8 Å². The Bertz CT molecular complexity index is 300. The molecule has 3 aliphatic rings. The maximum Gasteiger partial charge on any atom is 0.0244 e. The van der Waals surface area contributed by atoms with E-state index >= 15 is 0 Å². The van der Waals surface area contributed by atoms with E-state index in [1.165, 1.54) is 52.0 Å². The van der Waals surface area contributed by atoms with Crippen LogP contribution in [0.5, 0.6) is 0 Å². The van der Waals surface area contributed by atoms with Gasteiger partial charge >= 0.3 is 0 Å². The lowest BCUT2D eigenvalue weighted by Gasteiger charge is -2.43. The van der Waals surface area contributed by atoms with E-state index in [2.05, 4.69) is 36.0 Å². The average molecular weight is 265 g/mol. The van der Waals surface area contributed by atoms with Gasteiger partial charge in [0.05, 0.1) is 0 Å². The molecule has 0 aromatic rings. The van der Waals surface area contributed by atoms with Gasteiger partial charge in [-0.3, -0.25) is 4.90 Å². The molecule has 19 heavy (non-hydrogen) atoms. The van der Waals surface area contributed by atoms with Gasteiger partial charge in [0.25, 0.3) is 0 Å². The van der Waals surface area contributed by atoms with Crippen LogP contribution in [0.1, 0.15) is 33.1 Å². The minimum atomic E-state index is 0.751. The highest BCUT2D eigenvalue weighted by Crippen LogP contribution is 2.35. The van der Waals surface area contributed by atoms with E-state index in [-0.39, 0.29) is 0 Å². The second-order valence-electron chi connectivity index (χ2n) is 7.53. The first-order valence-electron chi connectivity index (χ1n) is 8.29. The predicted octanol–water partition coefficient (Wildman–Crippen LogP) is 1.65. The van der Waals surface area contributed by atoms with E-state index in [0.29, 0.717) is 0 Å². The number of piperazine rings is 1. The molecule has 3 rings (SSSR count). The second kappa shape index (κ2) is 5.71. The zero-order valence-corrected chi connectivity index (χ0v) is 12.9. The quantitative estimate of drug-likeness (QED) is 0.834. The second-order valence-corrected chi connectivity index (χ2v) is 7.53. The van der Waals surface area contributed by atoms with Gasteiger partial charge in [-0.1, -0.05) is 13.8 Å². The highest BCUT2D eigenvalue weighted by atomic mass is 15.2. The summed E-state index contributed by atoms with van der Waals surface area (Å²) >= 11 is 0. The third kappa shape index (κ3) is 3.32. The largest absolute Gasteiger partial charge is 0.311 e. The van der Waals surface area contributed by atoms with Crippen molar-refractivity contribution < 1.29 is 0 Å². The van der Waals surface area contributed by atoms with Crippen molar-refractivity contribution in [1.82, 2.24) is 15.1 Å². The number of likely N-dealkylation sites (tertiary alicyclic amines) is 1. The molecule has 1 saturated carbocycles. The topological polar surface area (TPSA) is 18.5 Å². The molecule has 2 saturated heterocycles. The Morgan fingerprint density at radius 1 is 1.16 bits per heavy atom.